The zero-order valence-corrected chi connectivity index (χ0v) is 10.6. The smallest absolute Gasteiger partial charge is 0.119 e. The van der Waals surface area contributed by atoms with Gasteiger partial charge in [-0.25, -0.2) is 5.43 Å². The lowest BCUT2D eigenvalue weighted by molar-refractivity contribution is 0.340. The van der Waals surface area contributed by atoms with Crippen molar-refractivity contribution in [1.29, 1.82) is 0 Å². The van der Waals surface area contributed by atoms with Crippen molar-refractivity contribution in [2.45, 2.75) is 13.0 Å². The lowest BCUT2D eigenvalue weighted by atomic mass is 10.0. The summed E-state index contributed by atoms with van der Waals surface area (Å²) in [4.78, 5) is 0. The Hall–Kier alpha value is -1.85. The van der Waals surface area contributed by atoms with Gasteiger partial charge in [-0.1, -0.05) is 12.1 Å². The number of aryl methyl sites for hydroxylation is 1. The number of hydrogen-bond acceptors (Lipinski definition) is 4. The van der Waals surface area contributed by atoms with Crippen molar-refractivity contribution in [3.63, 3.8) is 0 Å². The molecule has 5 heteroatoms. The highest BCUT2D eigenvalue weighted by Crippen LogP contribution is 2.22. The van der Waals surface area contributed by atoms with Gasteiger partial charge in [-0.15, -0.1) is 0 Å². The van der Waals surface area contributed by atoms with Gasteiger partial charge in [0.2, 0.25) is 0 Å². The first-order valence-electron chi connectivity index (χ1n) is 5.93. The first-order chi connectivity index (χ1) is 8.76. The van der Waals surface area contributed by atoms with Crippen molar-refractivity contribution in [3.8, 4) is 5.75 Å². The topological polar surface area (TPSA) is 65.1 Å². The second-order valence-corrected chi connectivity index (χ2v) is 3.98. The minimum Gasteiger partial charge on any atom is -0.494 e. The number of nitrogens with two attached hydrogens (primary N) is 1. The van der Waals surface area contributed by atoms with E-state index >= 15 is 0 Å². The van der Waals surface area contributed by atoms with Crippen molar-refractivity contribution >= 4 is 0 Å². The average molecular weight is 246 g/mol. The van der Waals surface area contributed by atoms with Crippen molar-refractivity contribution in [1.82, 2.24) is 15.2 Å². The number of benzene rings is 1. The molecule has 1 atom stereocenters. The Kier molecular flexibility index (Phi) is 3.96. The summed E-state index contributed by atoms with van der Waals surface area (Å²) in [6.07, 6.45) is 1.76. The predicted octanol–water partition coefficient (Wildman–Crippen LogP) is 1.37. The van der Waals surface area contributed by atoms with Gasteiger partial charge < -0.3 is 4.74 Å². The van der Waals surface area contributed by atoms with Crippen LogP contribution in [0.25, 0.3) is 0 Å². The second-order valence-electron chi connectivity index (χ2n) is 3.98. The van der Waals surface area contributed by atoms with Crippen molar-refractivity contribution in [2.75, 3.05) is 6.61 Å². The predicted molar refractivity (Wildman–Crippen MR) is 70.0 cm³/mol. The molecule has 0 aliphatic heterocycles. The van der Waals surface area contributed by atoms with Crippen LogP contribution in [0.5, 0.6) is 5.75 Å². The van der Waals surface area contributed by atoms with Crippen LogP contribution in [0, 0.1) is 0 Å². The molecule has 1 aromatic carbocycles. The first kappa shape index (κ1) is 12.6. The largest absolute Gasteiger partial charge is 0.494 e. The Morgan fingerprint density at radius 2 is 2.06 bits per heavy atom. The molecule has 3 N–H and O–H groups in total. The van der Waals surface area contributed by atoms with E-state index in [1.165, 1.54) is 0 Å². The molecule has 0 bridgehead atoms. The van der Waals surface area contributed by atoms with Crippen molar-refractivity contribution in [2.24, 2.45) is 12.9 Å². The highest BCUT2D eigenvalue weighted by molar-refractivity contribution is 5.33. The molecule has 2 rings (SSSR count). The number of hydrogen-bond donors (Lipinski definition) is 2. The Morgan fingerprint density at radius 3 is 2.56 bits per heavy atom. The number of rotatable bonds is 5. The average Bonchev–Trinajstić information content (AvgIpc) is 2.79. The fourth-order valence-corrected chi connectivity index (χ4v) is 1.94. The van der Waals surface area contributed by atoms with Gasteiger partial charge in [0.25, 0.3) is 0 Å². The van der Waals surface area contributed by atoms with Gasteiger partial charge in [0.15, 0.2) is 0 Å². The molecule has 1 aromatic heterocycles. The number of hydrazine groups is 1. The minimum absolute atomic E-state index is 0.0758. The Balaban J connectivity index is 2.25. The van der Waals surface area contributed by atoms with E-state index in [0.717, 1.165) is 17.0 Å². The summed E-state index contributed by atoms with van der Waals surface area (Å²) in [7, 11) is 1.90. The molecule has 0 aliphatic carbocycles. The molecule has 0 amide bonds. The number of nitrogens with zero attached hydrogens (tertiary/aromatic N) is 2. The summed E-state index contributed by atoms with van der Waals surface area (Å²) in [6, 6.07) is 9.76. The zero-order chi connectivity index (χ0) is 13.0. The molecule has 0 radical (unpaired) electrons. The maximum absolute atomic E-state index is 5.64. The molecule has 18 heavy (non-hydrogen) atoms. The molecular weight excluding hydrogens is 228 g/mol. The van der Waals surface area contributed by atoms with Gasteiger partial charge >= 0.3 is 0 Å². The van der Waals surface area contributed by atoms with Gasteiger partial charge in [0.1, 0.15) is 5.75 Å². The molecule has 96 valence electrons. The van der Waals surface area contributed by atoms with Gasteiger partial charge in [-0.2, -0.15) is 5.10 Å². The van der Waals surface area contributed by atoms with Crippen LogP contribution in [0.15, 0.2) is 36.5 Å². The molecule has 0 aliphatic rings. The van der Waals surface area contributed by atoms with E-state index in [9.17, 15) is 0 Å². The van der Waals surface area contributed by atoms with Crippen LogP contribution in [0.1, 0.15) is 24.2 Å². The monoisotopic (exact) mass is 246 g/mol. The van der Waals surface area contributed by atoms with E-state index in [-0.39, 0.29) is 6.04 Å². The Bertz CT molecular complexity index is 492. The van der Waals surface area contributed by atoms with Crippen molar-refractivity contribution in [3.05, 3.63) is 47.8 Å². The molecular formula is C13H18N4O. The van der Waals surface area contributed by atoms with Gasteiger partial charge in [-0.05, 0) is 30.7 Å². The fourth-order valence-electron chi connectivity index (χ4n) is 1.94. The summed E-state index contributed by atoms with van der Waals surface area (Å²) >= 11 is 0. The molecule has 2 aromatic rings. The van der Waals surface area contributed by atoms with Crippen LogP contribution in [0.2, 0.25) is 0 Å². The van der Waals surface area contributed by atoms with Gasteiger partial charge in [0.05, 0.1) is 18.3 Å². The SMILES string of the molecule is CCOc1ccc(C(NN)c2ccnn2C)cc1. The van der Waals surface area contributed by atoms with E-state index in [1.54, 1.807) is 10.9 Å². The lowest BCUT2D eigenvalue weighted by Crippen LogP contribution is -2.30. The van der Waals surface area contributed by atoms with Gasteiger partial charge in [0, 0.05) is 13.2 Å². The summed E-state index contributed by atoms with van der Waals surface area (Å²) in [6.45, 7) is 2.63. The summed E-state index contributed by atoms with van der Waals surface area (Å²) in [5.74, 6) is 6.50. The number of aromatic nitrogens is 2. The maximum Gasteiger partial charge on any atom is 0.119 e. The van der Waals surface area contributed by atoms with E-state index in [1.807, 2.05) is 44.3 Å². The quantitative estimate of drug-likeness (QED) is 0.618. The third kappa shape index (κ3) is 2.52. The van der Waals surface area contributed by atoms with E-state index in [4.69, 9.17) is 10.6 Å². The molecule has 5 nitrogen and oxygen atoms in total. The fraction of sp³-hybridized carbons (Fsp3) is 0.308. The molecule has 0 saturated heterocycles. The molecule has 1 heterocycles. The first-order valence-corrected chi connectivity index (χ1v) is 5.93. The van der Waals surface area contributed by atoms with E-state index < -0.39 is 0 Å². The third-order valence-corrected chi connectivity index (χ3v) is 2.85. The van der Waals surface area contributed by atoms with Crippen LogP contribution in [0.4, 0.5) is 0 Å². The van der Waals surface area contributed by atoms with Crippen LogP contribution < -0.4 is 16.0 Å². The van der Waals surface area contributed by atoms with Crippen molar-refractivity contribution < 1.29 is 4.74 Å². The number of nitrogens with one attached hydrogen (secondary N) is 1. The van der Waals surface area contributed by atoms with Crippen LogP contribution in [-0.2, 0) is 7.05 Å². The normalized spacial score (nSPS) is 12.4. The summed E-state index contributed by atoms with van der Waals surface area (Å²) < 4.78 is 7.23. The maximum atomic E-state index is 5.64. The molecule has 0 saturated carbocycles. The highest BCUT2D eigenvalue weighted by atomic mass is 16.5. The van der Waals surface area contributed by atoms with E-state index in [2.05, 4.69) is 10.5 Å². The van der Waals surface area contributed by atoms with Crippen LogP contribution in [-0.4, -0.2) is 16.4 Å². The molecule has 0 fully saturated rings. The zero-order valence-electron chi connectivity index (χ0n) is 10.6. The molecule has 1 unspecified atom stereocenters. The Labute approximate surface area is 107 Å². The minimum atomic E-state index is -0.0758. The standard InChI is InChI=1S/C13H18N4O/c1-3-18-11-6-4-10(5-7-11)13(16-14)12-8-9-15-17(12)2/h4-9,13,16H,3,14H2,1-2H3. The van der Waals surface area contributed by atoms with Crippen LogP contribution >= 0.6 is 0 Å². The third-order valence-electron chi connectivity index (χ3n) is 2.85. The lowest BCUT2D eigenvalue weighted by Gasteiger charge is -2.17. The van der Waals surface area contributed by atoms with E-state index in [0.29, 0.717) is 6.61 Å². The summed E-state index contributed by atoms with van der Waals surface area (Å²) in [5, 5.41) is 4.15. The Morgan fingerprint density at radius 1 is 1.33 bits per heavy atom. The highest BCUT2D eigenvalue weighted by Gasteiger charge is 2.15. The second kappa shape index (κ2) is 5.66. The molecule has 0 spiro atoms. The summed E-state index contributed by atoms with van der Waals surface area (Å²) in [5.41, 5.74) is 4.90. The van der Waals surface area contributed by atoms with Crippen LogP contribution in [0.3, 0.4) is 0 Å². The van der Waals surface area contributed by atoms with Gasteiger partial charge in [-0.3, -0.25) is 10.5 Å². The number of ether oxygens (including phenoxy) is 1.